The zero-order valence-electron chi connectivity index (χ0n) is 12.1. The molecule has 0 fully saturated rings. The summed E-state index contributed by atoms with van der Waals surface area (Å²) in [6.45, 7) is 0.168. The molecule has 120 valence electrons. The minimum absolute atomic E-state index is 0.0111. The maximum atomic E-state index is 10.6. The Bertz CT molecular complexity index is 731. The summed E-state index contributed by atoms with van der Waals surface area (Å²) < 4.78 is 10.9. The van der Waals surface area contributed by atoms with Gasteiger partial charge in [0.2, 0.25) is 0 Å². The van der Waals surface area contributed by atoms with Gasteiger partial charge in [-0.2, -0.15) is 0 Å². The normalized spacial score (nSPS) is 10.7. The van der Waals surface area contributed by atoms with E-state index in [1.165, 1.54) is 25.5 Å². The van der Waals surface area contributed by atoms with Crippen molar-refractivity contribution in [2.75, 3.05) is 7.11 Å². The van der Waals surface area contributed by atoms with Gasteiger partial charge in [0.05, 0.1) is 23.3 Å². The third-order valence-corrected chi connectivity index (χ3v) is 3.27. The highest BCUT2D eigenvalue weighted by atomic mass is 35.5. The van der Waals surface area contributed by atoms with Crippen LogP contribution in [0.15, 0.2) is 41.6 Å². The molecule has 1 N–H and O–H groups in total. The van der Waals surface area contributed by atoms with Gasteiger partial charge in [-0.1, -0.05) is 16.8 Å². The molecule has 0 atom stereocenters. The van der Waals surface area contributed by atoms with E-state index in [9.17, 15) is 10.1 Å². The van der Waals surface area contributed by atoms with Crippen molar-refractivity contribution in [3.05, 3.63) is 62.7 Å². The van der Waals surface area contributed by atoms with Crippen molar-refractivity contribution in [1.82, 2.24) is 0 Å². The average Bonchev–Trinajstić information content (AvgIpc) is 2.54. The number of nitrogens with zero attached hydrogens (tertiary/aromatic N) is 2. The fourth-order valence-electron chi connectivity index (χ4n) is 1.89. The first-order valence-electron chi connectivity index (χ1n) is 6.46. The minimum Gasteiger partial charge on any atom is -0.493 e. The second-order valence-electron chi connectivity index (χ2n) is 4.49. The van der Waals surface area contributed by atoms with Gasteiger partial charge in [-0.25, -0.2) is 0 Å². The third-order valence-electron chi connectivity index (χ3n) is 2.99. The lowest BCUT2D eigenvalue weighted by Crippen LogP contribution is -2.00. The highest BCUT2D eigenvalue weighted by Gasteiger charge is 2.12. The van der Waals surface area contributed by atoms with Crippen molar-refractivity contribution in [3.63, 3.8) is 0 Å². The predicted octanol–water partition coefficient (Wildman–Crippen LogP) is 3.64. The molecule has 2 rings (SSSR count). The van der Waals surface area contributed by atoms with Crippen LogP contribution in [0.1, 0.15) is 11.1 Å². The zero-order valence-corrected chi connectivity index (χ0v) is 12.9. The third kappa shape index (κ3) is 4.10. The van der Waals surface area contributed by atoms with Crippen LogP contribution < -0.4 is 9.47 Å². The van der Waals surface area contributed by atoms with Gasteiger partial charge in [0.1, 0.15) is 6.61 Å². The fourth-order valence-corrected chi connectivity index (χ4v) is 2.16. The van der Waals surface area contributed by atoms with Crippen molar-refractivity contribution in [1.29, 1.82) is 0 Å². The van der Waals surface area contributed by atoms with E-state index in [1.54, 1.807) is 24.3 Å². The van der Waals surface area contributed by atoms with Gasteiger partial charge >= 0.3 is 0 Å². The number of benzene rings is 2. The number of non-ortho nitro benzene ring substituents is 1. The maximum absolute atomic E-state index is 10.6. The molecule has 0 aliphatic heterocycles. The second kappa shape index (κ2) is 7.46. The zero-order chi connectivity index (χ0) is 16.8. The van der Waals surface area contributed by atoms with Gasteiger partial charge in [-0.3, -0.25) is 10.1 Å². The quantitative estimate of drug-likeness (QED) is 0.376. The molecular formula is C15H13ClN2O5. The number of oxime groups is 1. The molecule has 0 saturated carbocycles. The predicted molar refractivity (Wildman–Crippen MR) is 84.8 cm³/mol. The highest BCUT2D eigenvalue weighted by Crippen LogP contribution is 2.36. The SMILES string of the molecule is COc1cc(/C=N\O)cc(Cl)c1OCc1ccc([N+](=O)[O-])cc1. The minimum atomic E-state index is -0.466. The number of nitro benzene ring substituents is 1. The number of hydrogen-bond donors (Lipinski definition) is 1. The van der Waals surface area contributed by atoms with E-state index in [0.717, 1.165) is 5.56 Å². The molecule has 0 unspecified atom stereocenters. The van der Waals surface area contributed by atoms with E-state index in [1.807, 2.05) is 0 Å². The number of nitro groups is 1. The first-order valence-corrected chi connectivity index (χ1v) is 6.84. The molecule has 0 aliphatic carbocycles. The van der Waals surface area contributed by atoms with E-state index in [-0.39, 0.29) is 12.3 Å². The Hall–Kier alpha value is -2.80. The van der Waals surface area contributed by atoms with Gasteiger partial charge in [0.25, 0.3) is 5.69 Å². The summed E-state index contributed by atoms with van der Waals surface area (Å²) in [6.07, 6.45) is 1.22. The van der Waals surface area contributed by atoms with E-state index in [4.69, 9.17) is 26.3 Å². The molecular weight excluding hydrogens is 324 g/mol. The largest absolute Gasteiger partial charge is 0.493 e. The van der Waals surface area contributed by atoms with E-state index < -0.39 is 4.92 Å². The van der Waals surface area contributed by atoms with Gasteiger partial charge in [-0.15, -0.1) is 0 Å². The van der Waals surface area contributed by atoms with Crippen LogP contribution in [0.5, 0.6) is 11.5 Å². The average molecular weight is 337 g/mol. The van der Waals surface area contributed by atoms with Crippen molar-refractivity contribution < 1.29 is 19.6 Å². The molecule has 0 amide bonds. The van der Waals surface area contributed by atoms with Crippen molar-refractivity contribution in [2.45, 2.75) is 6.61 Å². The summed E-state index contributed by atoms with van der Waals surface area (Å²) in [4.78, 5) is 10.2. The number of ether oxygens (including phenoxy) is 2. The van der Waals surface area contributed by atoms with Gasteiger partial charge in [0, 0.05) is 17.7 Å². The van der Waals surface area contributed by atoms with Crippen molar-refractivity contribution in [2.24, 2.45) is 5.16 Å². The van der Waals surface area contributed by atoms with E-state index in [0.29, 0.717) is 22.1 Å². The second-order valence-corrected chi connectivity index (χ2v) is 4.90. The van der Waals surface area contributed by atoms with Crippen LogP contribution in [-0.4, -0.2) is 23.5 Å². The highest BCUT2D eigenvalue weighted by molar-refractivity contribution is 6.32. The van der Waals surface area contributed by atoms with Crippen LogP contribution in [0, 0.1) is 10.1 Å². The molecule has 0 heterocycles. The standard InChI is InChI=1S/C15H13ClN2O5/c1-22-14-7-11(8-17-19)6-13(16)15(14)23-9-10-2-4-12(5-3-10)18(20)21/h2-8,19H,9H2,1H3/b17-8-. The molecule has 23 heavy (non-hydrogen) atoms. The van der Waals surface area contributed by atoms with Crippen molar-refractivity contribution >= 4 is 23.5 Å². The molecule has 0 radical (unpaired) electrons. The first-order chi connectivity index (χ1) is 11.0. The number of methoxy groups -OCH3 is 1. The number of rotatable bonds is 6. The van der Waals surface area contributed by atoms with Gasteiger partial charge in [-0.05, 0) is 29.8 Å². The maximum Gasteiger partial charge on any atom is 0.269 e. The lowest BCUT2D eigenvalue weighted by Gasteiger charge is -2.13. The van der Waals surface area contributed by atoms with Crippen molar-refractivity contribution in [3.8, 4) is 11.5 Å². The molecule has 0 aliphatic rings. The summed E-state index contributed by atoms with van der Waals surface area (Å²) in [7, 11) is 1.46. The molecule has 2 aromatic carbocycles. The monoisotopic (exact) mass is 336 g/mol. The number of hydrogen-bond acceptors (Lipinski definition) is 6. The lowest BCUT2D eigenvalue weighted by atomic mass is 10.2. The Labute approximate surface area is 136 Å². The molecule has 0 spiro atoms. The summed E-state index contributed by atoms with van der Waals surface area (Å²) >= 11 is 6.14. The number of halogens is 1. The summed E-state index contributed by atoms with van der Waals surface area (Å²) in [5, 5.41) is 22.4. The molecule has 2 aromatic rings. The van der Waals surface area contributed by atoms with Crippen LogP contribution in [0.2, 0.25) is 5.02 Å². The molecule has 0 aromatic heterocycles. The topological polar surface area (TPSA) is 94.2 Å². The molecule has 0 bridgehead atoms. The Morgan fingerprint density at radius 1 is 1.35 bits per heavy atom. The smallest absolute Gasteiger partial charge is 0.269 e. The summed E-state index contributed by atoms with van der Waals surface area (Å²) in [6, 6.07) is 9.18. The Balaban J connectivity index is 2.18. The van der Waals surface area contributed by atoms with Crippen LogP contribution in [-0.2, 0) is 6.61 Å². The van der Waals surface area contributed by atoms with E-state index in [2.05, 4.69) is 5.16 Å². The Morgan fingerprint density at radius 2 is 2.04 bits per heavy atom. The van der Waals surface area contributed by atoms with E-state index >= 15 is 0 Å². The van der Waals surface area contributed by atoms with Crippen LogP contribution >= 0.6 is 11.6 Å². The molecule has 7 nitrogen and oxygen atoms in total. The first kappa shape index (κ1) is 16.6. The fraction of sp³-hybridized carbons (Fsp3) is 0.133. The van der Waals surface area contributed by atoms with Crippen LogP contribution in [0.4, 0.5) is 5.69 Å². The summed E-state index contributed by atoms with van der Waals surface area (Å²) in [5.41, 5.74) is 1.31. The van der Waals surface area contributed by atoms with Crippen LogP contribution in [0.25, 0.3) is 0 Å². The molecule has 0 saturated heterocycles. The lowest BCUT2D eigenvalue weighted by molar-refractivity contribution is -0.384. The van der Waals surface area contributed by atoms with Gasteiger partial charge < -0.3 is 14.7 Å². The van der Waals surface area contributed by atoms with Gasteiger partial charge in [0.15, 0.2) is 11.5 Å². The molecule has 8 heteroatoms. The van der Waals surface area contributed by atoms with Crippen LogP contribution in [0.3, 0.4) is 0 Å². The summed E-state index contributed by atoms with van der Waals surface area (Å²) in [5.74, 6) is 0.719. The Morgan fingerprint density at radius 3 is 2.61 bits per heavy atom. The Kier molecular flexibility index (Phi) is 5.37.